The van der Waals surface area contributed by atoms with Crippen LogP contribution in [-0.2, 0) is 0 Å². The largest absolute Gasteiger partial charge is 0.495 e. The van der Waals surface area contributed by atoms with Crippen molar-refractivity contribution in [1.82, 2.24) is 15.0 Å². The Morgan fingerprint density at radius 3 is 2.50 bits per heavy atom. The van der Waals surface area contributed by atoms with Gasteiger partial charge in [-0.25, -0.2) is 4.79 Å². The fourth-order valence-electron chi connectivity index (χ4n) is 4.16. The number of amides is 1. The number of carbonyl (C=O) groups excluding carboxylic acids is 1. The minimum Gasteiger partial charge on any atom is -0.495 e. The van der Waals surface area contributed by atoms with Gasteiger partial charge in [0.05, 0.1) is 23.4 Å². The van der Waals surface area contributed by atoms with E-state index in [-0.39, 0.29) is 5.91 Å². The normalized spacial score (nSPS) is 11.1. The molecule has 2 aromatic heterocycles. The molecule has 0 atom stereocenters. The molecule has 0 unspecified atom stereocenters. The van der Waals surface area contributed by atoms with E-state index >= 15 is 0 Å². The van der Waals surface area contributed by atoms with Crippen LogP contribution in [0.25, 0.3) is 38.8 Å². The highest BCUT2D eigenvalue weighted by Crippen LogP contribution is 2.27. The van der Waals surface area contributed by atoms with Crippen molar-refractivity contribution in [2.75, 3.05) is 12.4 Å². The van der Waals surface area contributed by atoms with Crippen molar-refractivity contribution in [2.45, 2.75) is 0 Å². The smallest absolute Gasteiger partial charge is 0.344 e. The lowest BCUT2D eigenvalue weighted by atomic mass is 10.0. The number of fused-ring (bicyclic) bond motifs is 2. The van der Waals surface area contributed by atoms with Crippen molar-refractivity contribution in [3.63, 3.8) is 0 Å². The number of para-hydroxylation sites is 1. The summed E-state index contributed by atoms with van der Waals surface area (Å²) in [7, 11) is 1.55. The van der Waals surface area contributed by atoms with Crippen LogP contribution >= 0.6 is 11.6 Å². The van der Waals surface area contributed by atoms with Crippen molar-refractivity contribution in [3.05, 3.63) is 112 Å². The molecule has 0 aliphatic heterocycles. The Kier molecular flexibility index (Phi) is 5.86. The van der Waals surface area contributed by atoms with Gasteiger partial charge < -0.3 is 14.5 Å². The molecule has 6 aromatic rings. The number of nitrogens with zero attached hydrogens (tertiary/aromatic N) is 3. The van der Waals surface area contributed by atoms with Crippen molar-refractivity contribution < 1.29 is 13.9 Å². The van der Waals surface area contributed by atoms with Crippen molar-refractivity contribution in [2.24, 2.45) is 0 Å². The van der Waals surface area contributed by atoms with Crippen LogP contribution in [0.4, 0.5) is 5.69 Å². The molecule has 0 fully saturated rings. The summed E-state index contributed by atoms with van der Waals surface area (Å²) in [6.45, 7) is 0. The first-order chi connectivity index (χ1) is 18.5. The van der Waals surface area contributed by atoms with Crippen LogP contribution < -0.4 is 15.7 Å². The summed E-state index contributed by atoms with van der Waals surface area (Å²) in [4.78, 5) is 26.8. The van der Waals surface area contributed by atoms with Crippen LogP contribution in [0.2, 0.25) is 5.02 Å². The number of rotatable bonds is 5. The molecular weight excluding hydrogens is 504 g/mol. The number of halogens is 1. The van der Waals surface area contributed by atoms with Gasteiger partial charge in [0.25, 0.3) is 5.91 Å². The van der Waals surface area contributed by atoms with Crippen LogP contribution in [-0.4, -0.2) is 28.0 Å². The van der Waals surface area contributed by atoms with Gasteiger partial charge >= 0.3 is 5.63 Å². The lowest BCUT2D eigenvalue weighted by molar-refractivity contribution is 0.102. The monoisotopic (exact) mass is 522 g/mol. The highest BCUT2D eigenvalue weighted by Gasteiger charge is 2.12. The van der Waals surface area contributed by atoms with Gasteiger partial charge in [-0.3, -0.25) is 4.79 Å². The van der Waals surface area contributed by atoms with Gasteiger partial charge in [-0.1, -0.05) is 41.9 Å². The van der Waals surface area contributed by atoms with Gasteiger partial charge in [0.2, 0.25) is 0 Å². The third-order valence-electron chi connectivity index (χ3n) is 6.10. The molecule has 1 N–H and O–H groups in total. The van der Waals surface area contributed by atoms with E-state index in [1.807, 2.05) is 18.2 Å². The fourth-order valence-corrected chi connectivity index (χ4v) is 4.41. The number of hydrogen-bond acceptors (Lipinski definition) is 6. The zero-order valence-corrected chi connectivity index (χ0v) is 20.8. The van der Waals surface area contributed by atoms with Crippen molar-refractivity contribution in [3.8, 4) is 22.6 Å². The standard InChI is InChI=1S/C29H19ClN4O4/c1-37-27-13-11-21(16-23(27)30)34-32-24-12-10-20(15-25(24)33-34)31-28(35)18-8-6-17(7-9-18)22-14-19-4-2-3-5-26(19)38-29(22)36/h2-16H,1H3,(H,31,35). The Morgan fingerprint density at radius 1 is 0.921 bits per heavy atom. The Bertz CT molecular complexity index is 1890. The first-order valence-electron chi connectivity index (χ1n) is 11.6. The topological polar surface area (TPSA) is 99.2 Å². The lowest BCUT2D eigenvalue weighted by Crippen LogP contribution is -2.11. The van der Waals surface area contributed by atoms with Crippen LogP contribution in [0, 0.1) is 0 Å². The van der Waals surface area contributed by atoms with E-state index in [1.54, 1.807) is 79.9 Å². The Hall–Kier alpha value is -4.95. The highest BCUT2D eigenvalue weighted by atomic mass is 35.5. The van der Waals surface area contributed by atoms with Crippen LogP contribution in [0.5, 0.6) is 5.75 Å². The van der Waals surface area contributed by atoms with Crippen molar-refractivity contribution >= 4 is 45.2 Å². The van der Waals surface area contributed by atoms with E-state index in [0.717, 1.165) is 5.39 Å². The number of nitrogens with one attached hydrogen (secondary N) is 1. The van der Waals surface area contributed by atoms with E-state index in [4.69, 9.17) is 20.8 Å². The number of hydrogen-bond donors (Lipinski definition) is 1. The number of carbonyl (C=O) groups is 1. The Labute approximate surface area is 221 Å². The Morgan fingerprint density at radius 2 is 1.71 bits per heavy atom. The van der Waals surface area contributed by atoms with Gasteiger partial charge in [-0.2, -0.15) is 4.80 Å². The molecule has 6 rings (SSSR count). The summed E-state index contributed by atoms with van der Waals surface area (Å²) in [5, 5.41) is 13.2. The first kappa shape index (κ1) is 23.4. The van der Waals surface area contributed by atoms with E-state index < -0.39 is 5.63 Å². The fraction of sp³-hybridized carbons (Fsp3) is 0.0345. The van der Waals surface area contributed by atoms with Crippen molar-refractivity contribution in [1.29, 1.82) is 0 Å². The second kappa shape index (κ2) is 9.49. The number of ether oxygens (including phenoxy) is 1. The second-order valence-corrected chi connectivity index (χ2v) is 8.94. The maximum atomic E-state index is 12.9. The SMILES string of the molecule is COc1ccc(-n2nc3ccc(NC(=O)c4ccc(-c5cc6ccccc6oc5=O)cc4)cc3n2)cc1Cl. The summed E-state index contributed by atoms with van der Waals surface area (Å²) in [5.74, 6) is 0.265. The molecule has 0 saturated heterocycles. The maximum Gasteiger partial charge on any atom is 0.344 e. The molecule has 8 nitrogen and oxygen atoms in total. The molecule has 0 radical (unpaired) electrons. The van der Waals surface area contributed by atoms with Crippen LogP contribution in [0.3, 0.4) is 0 Å². The first-order valence-corrected chi connectivity index (χ1v) is 12.0. The van der Waals surface area contributed by atoms with E-state index in [0.29, 0.717) is 55.5 Å². The van der Waals surface area contributed by atoms with Gasteiger partial charge in [-0.05, 0) is 66.2 Å². The highest BCUT2D eigenvalue weighted by molar-refractivity contribution is 6.32. The van der Waals surface area contributed by atoms with E-state index in [2.05, 4.69) is 15.5 Å². The number of benzene rings is 4. The molecule has 0 bridgehead atoms. The number of aromatic nitrogens is 3. The predicted octanol–water partition coefficient (Wildman–Crippen LogP) is 6.11. The van der Waals surface area contributed by atoms with Gasteiger partial charge in [0, 0.05) is 16.6 Å². The van der Waals surface area contributed by atoms with E-state index in [9.17, 15) is 9.59 Å². The molecule has 4 aromatic carbocycles. The second-order valence-electron chi connectivity index (χ2n) is 8.53. The zero-order valence-electron chi connectivity index (χ0n) is 20.0. The molecule has 38 heavy (non-hydrogen) atoms. The average Bonchev–Trinajstić information content (AvgIpc) is 3.36. The molecule has 9 heteroatoms. The summed E-state index contributed by atoms with van der Waals surface area (Å²) in [6, 6.07) is 26.5. The summed E-state index contributed by atoms with van der Waals surface area (Å²) in [6.07, 6.45) is 0. The summed E-state index contributed by atoms with van der Waals surface area (Å²) in [5.41, 5.74) is 4.15. The molecule has 0 aliphatic rings. The Balaban J connectivity index is 1.22. The third kappa shape index (κ3) is 4.38. The molecule has 2 heterocycles. The molecule has 186 valence electrons. The molecular formula is C29H19ClN4O4. The summed E-state index contributed by atoms with van der Waals surface area (Å²) < 4.78 is 10.6. The zero-order chi connectivity index (χ0) is 26.2. The van der Waals surface area contributed by atoms with Gasteiger partial charge in [0.1, 0.15) is 22.4 Å². The molecule has 0 spiro atoms. The third-order valence-corrected chi connectivity index (χ3v) is 6.40. The van der Waals surface area contributed by atoms with Crippen LogP contribution in [0.15, 0.2) is 100 Å². The molecule has 0 aliphatic carbocycles. The van der Waals surface area contributed by atoms with Gasteiger partial charge in [-0.15, -0.1) is 10.2 Å². The molecule has 0 saturated carbocycles. The predicted molar refractivity (Wildman–Crippen MR) is 146 cm³/mol. The van der Waals surface area contributed by atoms with E-state index in [1.165, 1.54) is 4.80 Å². The van der Waals surface area contributed by atoms with Crippen LogP contribution in [0.1, 0.15) is 10.4 Å². The summed E-state index contributed by atoms with van der Waals surface area (Å²) >= 11 is 6.23. The molecule has 1 amide bonds. The quantitative estimate of drug-likeness (QED) is 0.274. The van der Waals surface area contributed by atoms with Gasteiger partial charge in [0.15, 0.2) is 0 Å². The maximum absolute atomic E-state index is 12.9. The minimum atomic E-state index is -0.431. The average molecular weight is 523 g/mol. The lowest BCUT2D eigenvalue weighted by Gasteiger charge is -2.07. The minimum absolute atomic E-state index is 0.296. The number of anilines is 1. The number of methoxy groups -OCH3 is 1.